The number of oxime groups is 1. The minimum absolute atomic E-state index is 0.0636. The van der Waals surface area contributed by atoms with Crippen LogP contribution in [-0.4, -0.2) is 25.3 Å². The highest BCUT2D eigenvalue weighted by molar-refractivity contribution is 5.79. The van der Waals surface area contributed by atoms with Gasteiger partial charge in [0.15, 0.2) is 6.61 Å². The lowest BCUT2D eigenvalue weighted by Crippen LogP contribution is -2.28. The smallest absolute Gasteiger partial charge is 0.260 e. The highest BCUT2D eigenvalue weighted by Crippen LogP contribution is 2.13. The van der Waals surface area contributed by atoms with Gasteiger partial charge in [-0.2, -0.15) is 0 Å². The van der Waals surface area contributed by atoms with Gasteiger partial charge >= 0.3 is 0 Å². The van der Waals surface area contributed by atoms with Crippen molar-refractivity contribution in [3.63, 3.8) is 0 Å². The van der Waals surface area contributed by atoms with Crippen molar-refractivity contribution >= 4 is 12.1 Å². The molecule has 4 heteroatoms. The van der Waals surface area contributed by atoms with E-state index in [0.29, 0.717) is 12.5 Å². The molecule has 0 aliphatic rings. The number of rotatable bonds is 9. The predicted octanol–water partition coefficient (Wildman–Crippen LogP) is 3.91. The second-order valence-corrected chi connectivity index (χ2v) is 6.27. The third-order valence-corrected chi connectivity index (χ3v) is 3.88. The average molecular weight is 338 g/mol. The second-order valence-electron chi connectivity index (χ2n) is 6.27. The van der Waals surface area contributed by atoms with Crippen molar-refractivity contribution in [2.75, 3.05) is 13.2 Å². The maximum absolute atomic E-state index is 11.7. The summed E-state index contributed by atoms with van der Waals surface area (Å²) in [6.45, 7) is 4.89. The normalized spacial score (nSPS) is 11.0. The SMILES string of the molecule is CC(C)c1ccc(/C=N\OCC(=O)NCCCc2ccccc2)cc1. The van der Waals surface area contributed by atoms with E-state index in [1.54, 1.807) is 6.21 Å². The molecule has 132 valence electrons. The molecular weight excluding hydrogens is 312 g/mol. The highest BCUT2D eigenvalue weighted by Gasteiger charge is 2.01. The Morgan fingerprint density at radius 2 is 1.84 bits per heavy atom. The fraction of sp³-hybridized carbons (Fsp3) is 0.333. The lowest BCUT2D eigenvalue weighted by atomic mass is 10.0. The summed E-state index contributed by atoms with van der Waals surface area (Å²) in [4.78, 5) is 16.7. The molecule has 4 nitrogen and oxygen atoms in total. The molecule has 0 aliphatic heterocycles. The summed E-state index contributed by atoms with van der Waals surface area (Å²) < 4.78 is 0. The van der Waals surface area contributed by atoms with Crippen LogP contribution in [0.15, 0.2) is 59.8 Å². The van der Waals surface area contributed by atoms with Crippen LogP contribution in [0.5, 0.6) is 0 Å². The van der Waals surface area contributed by atoms with E-state index in [1.807, 2.05) is 30.3 Å². The van der Waals surface area contributed by atoms with Crippen LogP contribution < -0.4 is 5.32 Å². The Morgan fingerprint density at radius 1 is 1.12 bits per heavy atom. The Labute approximate surface area is 149 Å². The fourth-order valence-electron chi connectivity index (χ4n) is 2.38. The van der Waals surface area contributed by atoms with Crippen molar-refractivity contribution in [3.05, 3.63) is 71.3 Å². The van der Waals surface area contributed by atoms with Crippen molar-refractivity contribution in [2.45, 2.75) is 32.6 Å². The van der Waals surface area contributed by atoms with Crippen molar-refractivity contribution in [1.29, 1.82) is 0 Å². The van der Waals surface area contributed by atoms with Gasteiger partial charge in [-0.05, 0) is 35.4 Å². The molecule has 1 N–H and O–H groups in total. The van der Waals surface area contributed by atoms with Crippen LogP contribution in [-0.2, 0) is 16.1 Å². The monoisotopic (exact) mass is 338 g/mol. The van der Waals surface area contributed by atoms with E-state index in [4.69, 9.17) is 4.84 Å². The van der Waals surface area contributed by atoms with E-state index in [1.165, 1.54) is 11.1 Å². The summed E-state index contributed by atoms with van der Waals surface area (Å²) >= 11 is 0. The Morgan fingerprint density at radius 3 is 2.52 bits per heavy atom. The van der Waals surface area contributed by atoms with Crippen LogP contribution >= 0.6 is 0 Å². The van der Waals surface area contributed by atoms with Gasteiger partial charge in [0.1, 0.15) is 0 Å². The minimum Gasteiger partial charge on any atom is -0.386 e. The Kier molecular flexibility index (Phi) is 7.70. The zero-order valence-electron chi connectivity index (χ0n) is 14.9. The minimum atomic E-state index is -0.152. The summed E-state index contributed by atoms with van der Waals surface area (Å²) in [7, 11) is 0. The number of carbonyl (C=O) groups is 1. The molecule has 2 rings (SSSR count). The maximum atomic E-state index is 11.7. The standard InChI is InChI=1S/C21H26N2O2/c1-17(2)20-12-10-19(11-13-20)15-23-25-16-21(24)22-14-6-9-18-7-4-3-5-8-18/h3-5,7-8,10-13,15,17H,6,9,14,16H2,1-2H3,(H,22,24)/b23-15-. The van der Waals surface area contributed by atoms with Crippen LogP contribution in [0.2, 0.25) is 0 Å². The van der Waals surface area contributed by atoms with Gasteiger partial charge in [-0.15, -0.1) is 0 Å². The Hall–Kier alpha value is -2.62. The first-order valence-electron chi connectivity index (χ1n) is 8.71. The molecule has 0 fully saturated rings. The van der Waals surface area contributed by atoms with E-state index >= 15 is 0 Å². The summed E-state index contributed by atoms with van der Waals surface area (Å²) in [6.07, 6.45) is 3.47. The van der Waals surface area contributed by atoms with Gasteiger partial charge in [0, 0.05) is 6.54 Å². The molecule has 0 aromatic heterocycles. The van der Waals surface area contributed by atoms with Gasteiger partial charge < -0.3 is 10.2 Å². The molecule has 0 atom stereocenters. The lowest BCUT2D eigenvalue weighted by molar-refractivity contribution is -0.125. The van der Waals surface area contributed by atoms with Gasteiger partial charge in [-0.3, -0.25) is 4.79 Å². The summed E-state index contributed by atoms with van der Waals surface area (Å²) in [5.74, 6) is 0.355. The van der Waals surface area contributed by atoms with Gasteiger partial charge in [0.2, 0.25) is 0 Å². The molecule has 0 bridgehead atoms. The maximum Gasteiger partial charge on any atom is 0.260 e. The topological polar surface area (TPSA) is 50.7 Å². The summed E-state index contributed by atoms with van der Waals surface area (Å²) in [6, 6.07) is 18.4. The molecule has 0 radical (unpaired) electrons. The number of aryl methyl sites for hydroxylation is 1. The highest BCUT2D eigenvalue weighted by atomic mass is 16.6. The second kappa shape index (κ2) is 10.3. The molecule has 25 heavy (non-hydrogen) atoms. The van der Waals surface area contributed by atoms with Crippen molar-refractivity contribution in [3.8, 4) is 0 Å². The average Bonchev–Trinajstić information content (AvgIpc) is 2.63. The van der Waals surface area contributed by atoms with Gasteiger partial charge in [0.25, 0.3) is 5.91 Å². The van der Waals surface area contributed by atoms with E-state index < -0.39 is 0 Å². The fourth-order valence-corrected chi connectivity index (χ4v) is 2.38. The molecule has 2 aromatic carbocycles. The number of hydrogen-bond acceptors (Lipinski definition) is 3. The summed E-state index contributed by atoms with van der Waals surface area (Å²) in [5, 5.41) is 6.68. The predicted molar refractivity (Wildman–Crippen MR) is 102 cm³/mol. The number of hydrogen-bond donors (Lipinski definition) is 1. The van der Waals surface area contributed by atoms with E-state index in [2.05, 4.69) is 48.6 Å². The van der Waals surface area contributed by atoms with E-state index in [0.717, 1.165) is 18.4 Å². The number of nitrogens with zero attached hydrogens (tertiary/aromatic N) is 1. The molecular formula is C21H26N2O2. The van der Waals surface area contributed by atoms with Gasteiger partial charge in [0.05, 0.1) is 6.21 Å². The molecule has 0 saturated carbocycles. The van der Waals surface area contributed by atoms with Crippen LogP contribution in [0, 0.1) is 0 Å². The zero-order valence-corrected chi connectivity index (χ0v) is 14.9. The number of amides is 1. The molecule has 0 spiro atoms. The Balaban J connectivity index is 1.60. The van der Waals surface area contributed by atoms with Gasteiger partial charge in [-0.25, -0.2) is 0 Å². The molecule has 0 unspecified atom stereocenters. The van der Waals surface area contributed by atoms with Crippen molar-refractivity contribution in [1.82, 2.24) is 5.32 Å². The number of nitrogens with one attached hydrogen (secondary N) is 1. The number of carbonyl (C=O) groups excluding carboxylic acids is 1. The first-order chi connectivity index (χ1) is 12.1. The van der Waals surface area contributed by atoms with E-state index in [9.17, 15) is 4.79 Å². The number of benzene rings is 2. The largest absolute Gasteiger partial charge is 0.386 e. The van der Waals surface area contributed by atoms with Crippen LogP contribution in [0.3, 0.4) is 0 Å². The van der Waals surface area contributed by atoms with Crippen LogP contribution in [0.4, 0.5) is 0 Å². The Bertz CT molecular complexity index is 664. The molecule has 2 aromatic rings. The first-order valence-corrected chi connectivity index (χ1v) is 8.71. The third kappa shape index (κ3) is 7.21. The quantitative estimate of drug-likeness (QED) is 0.428. The molecule has 0 aliphatic carbocycles. The summed E-state index contributed by atoms with van der Waals surface area (Å²) in [5.41, 5.74) is 3.52. The lowest BCUT2D eigenvalue weighted by Gasteiger charge is -2.05. The van der Waals surface area contributed by atoms with Crippen LogP contribution in [0.25, 0.3) is 0 Å². The van der Waals surface area contributed by atoms with E-state index in [-0.39, 0.29) is 12.5 Å². The van der Waals surface area contributed by atoms with Crippen molar-refractivity contribution in [2.24, 2.45) is 5.16 Å². The molecule has 1 amide bonds. The zero-order chi connectivity index (χ0) is 17.9. The van der Waals surface area contributed by atoms with Crippen molar-refractivity contribution < 1.29 is 9.63 Å². The molecule has 0 heterocycles. The van der Waals surface area contributed by atoms with Gasteiger partial charge in [-0.1, -0.05) is 73.6 Å². The third-order valence-electron chi connectivity index (χ3n) is 3.88. The first kappa shape index (κ1) is 18.7. The van der Waals surface area contributed by atoms with Crippen LogP contribution in [0.1, 0.15) is 42.9 Å². The molecule has 0 saturated heterocycles.